The molecule has 1 aromatic heterocycles. The predicted octanol–water partition coefficient (Wildman–Crippen LogP) is 4.03. The van der Waals surface area contributed by atoms with E-state index in [1.165, 1.54) is 6.20 Å². The quantitative estimate of drug-likeness (QED) is 0.827. The van der Waals surface area contributed by atoms with Crippen LogP contribution in [0.3, 0.4) is 0 Å². The molecule has 0 fully saturated rings. The molecule has 4 nitrogen and oxygen atoms in total. The van der Waals surface area contributed by atoms with Gasteiger partial charge in [-0.15, -0.1) is 0 Å². The number of ketones is 1. The molecule has 6 heteroatoms. The zero-order chi connectivity index (χ0) is 16.1. The van der Waals surface area contributed by atoms with Crippen LogP contribution in [0.1, 0.15) is 18.5 Å². The van der Waals surface area contributed by atoms with Crippen LogP contribution in [0.2, 0.25) is 10.0 Å². The maximum absolute atomic E-state index is 12.4. The first kappa shape index (κ1) is 16.3. The zero-order valence-corrected chi connectivity index (χ0v) is 13.2. The fourth-order valence-corrected chi connectivity index (χ4v) is 2.22. The Hall–Kier alpha value is -2.09. The molecule has 0 N–H and O–H groups in total. The van der Waals surface area contributed by atoms with E-state index in [0.717, 1.165) is 0 Å². The van der Waals surface area contributed by atoms with Crippen molar-refractivity contribution in [3.63, 3.8) is 0 Å². The Labute approximate surface area is 138 Å². The van der Waals surface area contributed by atoms with Crippen LogP contribution in [0, 0.1) is 11.3 Å². The van der Waals surface area contributed by atoms with Crippen molar-refractivity contribution in [2.45, 2.75) is 18.9 Å². The van der Waals surface area contributed by atoms with Gasteiger partial charge in [-0.25, -0.2) is 0 Å². The van der Waals surface area contributed by atoms with Crippen LogP contribution in [-0.2, 0) is 4.79 Å². The van der Waals surface area contributed by atoms with Gasteiger partial charge in [-0.2, -0.15) is 5.26 Å². The number of halogens is 2. The normalized spacial score (nSPS) is 13.0. The number of carbonyl (C=O) groups excluding carboxylic acids is 1. The molecule has 0 aliphatic carbocycles. The van der Waals surface area contributed by atoms with Crippen molar-refractivity contribution in [3.8, 4) is 11.8 Å². The summed E-state index contributed by atoms with van der Waals surface area (Å²) < 4.78 is 5.55. The lowest BCUT2D eigenvalue weighted by molar-refractivity contribution is -0.125. The van der Waals surface area contributed by atoms with Crippen LogP contribution in [0.25, 0.3) is 0 Å². The van der Waals surface area contributed by atoms with Crippen LogP contribution in [-0.4, -0.2) is 16.9 Å². The van der Waals surface area contributed by atoms with E-state index in [1.807, 2.05) is 6.07 Å². The maximum atomic E-state index is 12.4. The highest BCUT2D eigenvalue weighted by atomic mass is 35.5. The molecule has 0 radical (unpaired) electrons. The standard InChI is InChI=1S/C16H12Cl2N2O2/c1-10(22-14-7-4-5-12(17)15(14)18)16(21)11(9-19)13-6-2-3-8-20-13/h2-8,10-11H,1H3/t10-,11+/m1/s1. The monoisotopic (exact) mass is 334 g/mol. The summed E-state index contributed by atoms with van der Waals surface area (Å²) in [6.07, 6.45) is 0.675. The lowest BCUT2D eigenvalue weighted by atomic mass is 9.98. The molecule has 112 valence electrons. The van der Waals surface area contributed by atoms with E-state index in [0.29, 0.717) is 16.5 Å². The summed E-state index contributed by atoms with van der Waals surface area (Å²) >= 11 is 11.9. The van der Waals surface area contributed by atoms with Crippen molar-refractivity contribution in [2.24, 2.45) is 0 Å². The average molecular weight is 335 g/mol. The first-order chi connectivity index (χ1) is 10.5. The molecule has 0 saturated carbocycles. The molecule has 2 rings (SSSR count). The smallest absolute Gasteiger partial charge is 0.196 e. The number of hydrogen-bond donors (Lipinski definition) is 0. The summed E-state index contributed by atoms with van der Waals surface area (Å²) in [6.45, 7) is 1.56. The molecule has 0 unspecified atom stereocenters. The number of nitriles is 1. The zero-order valence-electron chi connectivity index (χ0n) is 11.7. The Morgan fingerprint density at radius 3 is 2.68 bits per heavy atom. The van der Waals surface area contributed by atoms with E-state index in [9.17, 15) is 10.1 Å². The minimum atomic E-state index is -0.992. The Bertz CT molecular complexity index is 714. The van der Waals surface area contributed by atoms with E-state index in [4.69, 9.17) is 27.9 Å². The molecular weight excluding hydrogens is 323 g/mol. The summed E-state index contributed by atoms with van der Waals surface area (Å²) in [4.78, 5) is 16.5. The van der Waals surface area contributed by atoms with E-state index in [-0.39, 0.29) is 5.02 Å². The highest BCUT2D eigenvalue weighted by molar-refractivity contribution is 6.42. The third kappa shape index (κ3) is 3.56. The minimum Gasteiger partial charge on any atom is -0.481 e. The lowest BCUT2D eigenvalue weighted by Crippen LogP contribution is -2.29. The molecule has 1 aromatic carbocycles. The number of ether oxygens (including phenoxy) is 1. The van der Waals surface area contributed by atoms with E-state index in [1.54, 1.807) is 43.3 Å². The van der Waals surface area contributed by atoms with Gasteiger partial charge in [-0.3, -0.25) is 9.78 Å². The van der Waals surface area contributed by atoms with Crippen molar-refractivity contribution in [3.05, 3.63) is 58.3 Å². The van der Waals surface area contributed by atoms with Crippen molar-refractivity contribution in [1.29, 1.82) is 5.26 Å². The van der Waals surface area contributed by atoms with Gasteiger partial charge in [-0.1, -0.05) is 35.3 Å². The number of pyridine rings is 1. The number of Topliss-reactive ketones (excluding diaryl/α,β-unsaturated/α-hetero) is 1. The second-order valence-electron chi connectivity index (χ2n) is 4.53. The van der Waals surface area contributed by atoms with Crippen LogP contribution >= 0.6 is 23.2 Å². The van der Waals surface area contributed by atoms with Gasteiger partial charge in [0.25, 0.3) is 0 Å². The van der Waals surface area contributed by atoms with Crippen molar-refractivity contribution in [2.75, 3.05) is 0 Å². The number of rotatable bonds is 5. The van der Waals surface area contributed by atoms with E-state index >= 15 is 0 Å². The molecule has 0 aliphatic heterocycles. The van der Waals surface area contributed by atoms with Gasteiger partial charge in [0, 0.05) is 6.20 Å². The van der Waals surface area contributed by atoms with E-state index in [2.05, 4.69) is 4.98 Å². The minimum absolute atomic E-state index is 0.232. The Kier molecular flexibility index (Phi) is 5.37. The number of benzene rings is 1. The molecule has 2 aromatic rings. The summed E-state index contributed by atoms with van der Waals surface area (Å²) in [5, 5.41) is 9.82. The third-order valence-corrected chi connectivity index (χ3v) is 3.82. The van der Waals surface area contributed by atoms with Gasteiger partial charge >= 0.3 is 0 Å². The van der Waals surface area contributed by atoms with Crippen molar-refractivity contribution in [1.82, 2.24) is 4.98 Å². The average Bonchev–Trinajstić information content (AvgIpc) is 2.53. The maximum Gasteiger partial charge on any atom is 0.196 e. The van der Waals surface area contributed by atoms with Gasteiger partial charge in [0.1, 0.15) is 10.8 Å². The Morgan fingerprint density at radius 2 is 2.05 bits per heavy atom. The highest BCUT2D eigenvalue weighted by Gasteiger charge is 2.28. The second-order valence-corrected chi connectivity index (χ2v) is 5.32. The van der Waals surface area contributed by atoms with Gasteiger partial charge in [0.05, 0.1) is 16.8 Å². The Morgan fingerprint density at radius 1 is 1.27 bits per heavy atom. The van der Waals surface area contributed by atoms with Gasteiger partial charge in [0.2, 0.25) is 0 Å². The number of carbonyl (C=O) groups is 1. The van der Waals surface area contributed by atoms with Gasteiger partial charge in [0.15, 0.2) is 17.8 Å². The van der Waals surface area contributed by atoms with Gasteiger partial charge in [-0.05, 0) is 31.2 Å². The molecule has 0 bridgehead atoms. The molecule has 0 spiro atoms. The summed E-state index contributed by atoms with van der Waals surface area (Å²) in [5.74, 6) is -1.08. The number of hydrogen-bond acceptors (Lipinski definition) is 4. The van der Waals surface area contributed by atoms with Crippen LogP contribution in [0.15, 0.2) is 42.6 Å². The topological polar surface area (TPSA) is 63.0 Å². The summed E-state index contributed by atoms with van der Waals surface area (Å²) in [6, 6.07) is 11.9. The number of nitrogens with zero attached hydrogens (tertiary/aromatic N) is 2. The third-order valence-electron chi connectivity index (χ3n) is 3.02. The van der Waals surface area contributed by atoms with Crippen molar-refractivity contribution >= 4 is 29.0 Å². The van der Waals surface area contributed by atoms with E-state index < -0.39 is 17.8 Å². The first-order valence-electron chi connectivity index (χ1n) is 6.49. The largest absolute Gasteiger partial charge is 0.481 e. The predicted molar refractivity (Wildman–Crippen MR) is 84.2 cm³/mol. The number of aromatic nitrogens is 1. The molecule has 0 amide bonds. The summed E-state index contributed by atoms with van der Waals surface area (Å²) in [5.41, 5.74) is 0.391. The molecule has 2 atom stereocenters. The summed E-state index contributed by atoms with van der Waals surface area (Å²) in [7, 11) is 0. The molecule has 0 saturated heterocycles. The highest BCUT2D eigenvalue weighted by Crippen LogP contribution is 2.32. The Balaban J connectivity index is 2.18. The van der Waals surface area contributed by atoms with Crippen LogP contribution < -0.4 is 4.74 Å². The second kappa shape index (κ2) is 7.26. The molecule has 1 heterocycles. The SMILES string of the molecule is C[C@@H](Oc1cccc(Cl)c1Cl)C(=O)[C@@H](C#N)c1ccccn1. The fourth-order valence-electron chi connectivity index (χ4n) is 1.88. The van der Waals surface area contributed by atoms with Crippen LogP contribution in [0.4, 0.5) is 0 Å². The van der Waals surface area contributed by atoms with Crippen molar-refractivity contribution < 1.29 is 9.53 Å². The molecule has 0 aliphatic rings. The molecule has 22 heavy (non-hydrogen) atoms. The molecular formula is C16H12Cl2N2O2. The van der Waals surface area contributed by atoms with Crippen LogP contribution in [0.5, 0.6) is 5.75 Å². The lowest BCUT2D eigenvalue weighted by Gasteiger charge is -2.17. The fraction of sp³-hybridized carbons (Fsp3) is 0.188. The first-order valence-corrected chi connectivity index (χ1v) is 7.25. The van der Waals surface area contributed by atoms with Gasteiger partial charge < -0.3 is 4.74 Å².